The molecule has 2 heterocycles. The largest absolute Gasteiger partial charge is 0.497 e. The van der Waals surface area contributed by atoms with Crippen LogP contribution in [0.3, 0.4) is 0 Å². The molecule has 0 aliphatic heterocycles. The third-order valence-electron chi connectivity index (χ3n) is 5.22. The minimum atomic E-state index is -0.216. The van der Waals surface area contributed by atoms with Gasteiger partial charge < -0.3 is 10.1 Å². The molecule has 0 bridgehead atoms. The molecule has 0 radical (unpaired) electrons. The zero-order valence-corrected chi connectivity index (χ0v) is 20.6. The van der Waals surface area contributed by atoms with E-state index in [-0.39, 0.29) is 17.2 Å². The van der Waals surface area contributed by atoms with Crippen LogP contribution in [0.1, 0.15) is 18.2 Å². The van der Waals surface area contributed by atoms with E-state index in [0.717, 1.165) is 5.56 Å². The molecule has 1 N–H and O–H groups in total. The maximum absolute atomic E-state index is 13.5. The predicted octanol–water partition coefficient (Wildman–Crippen LogP) is 4.36. The summed E-state index contributed by atoms with van der Waals surface area (Å²) in [6.07, 6.45) is 0. The Bertz CT molecular complexity index is 1400. The molecular weight excluding hydrogens is 474 g/mol. The van der Waals surface area contributed by atoms with E-state index in [1.807, 2.05) is 26.0 Å². The van der Waals surface area contributed by atoms with Crippen molar-refractivity contribution in [2.24, 2.45) is 0 Å². The molecule has 0 spiro atoms. The van der Waals surface area contributed by atoms with Crippen molar-refractivity contribution in [3.05, 3.63) is 75.2 Å². The first kappa shape index (κ1) is 23.8. The molecule has 0 saturated carbocycles. The number of benzene rings is 2. The molecule has 0 aliphatic carbocycles. The molecule has 2 aromatic heterocycles. The van der Waals surface area contributed by atoms with Crippen LogP contribution in [0.15, 0.2) is 58.5 Å². The van der Waals surface area contributed by atoms with Crippen LogP contribution in [0.25, 0.3) is 11.0 Å². The minimum Gasteiger partial charge on any atom is -0.497 e. The Balaban J connectivity index is 1.65. The van der Waals surface area contributed by atoms with Gasteiger partial charge in [-0.3, -0.25) is 18.8 Å². The zero-order valence-electron chi connectivity index (χ0n) is 19.0. The number of fused-ring (bicyclic) bond motifs is 1. The SMILES string of the molecule is CCn1nc(C)c2nc(SCC(=O)Nc3cccc(OC)c3)n(Cc3ccc(Cl)cc3)c(=O)c21. The number of ether oxygens (including phenoxy) is 1. The van der Waals surface area contributed by atoms with E-state index < -0.39 is 0 Å². The highest BCUT2D eigenvalue weighted by atomic mass is 35.5. The van der Waals surface area contributed by atoms with Crippen molar-refractivity contribution in [3.8, 4) is 5.75 Å². The Morgan fingerprint density at radius 3 is 2.68 bits per heavy atom. The first-order valence-electron chi connectivity index (χ1n) is 10.7. The lowest BCUT2D eigenvalue weighted by Gasteiger charge is -2.13. The summed E-state index contributed by atoms with van der Waals surface area (Å²) in [5.74, 6) is 0.515. The van der Waals surface area contributed by atoms with Gasteiger partial charge in [-0.05, 0) is 43.7 Å². The van der Waals surface area contributed by atoms with E-state index in [1.54, 1.807) is 52.8 Å². The lowest BCUT2D eigenvalue weighted by Crippen LogP contribution is -2.26. The van der Waals surface area contributed by atoms with Gasteiger partial charge >= 0.3 is 0 Å². The van der Waals surface area contributed by atoms with Crippen molar-refractivity contribution in [2.75, 3.05) is 18.2 Å². The number of aryl methyl sites for hydroxylation is 2. The van der Waals surface area contributed by atoms with E-state index in [4.69, 9.17) is 21.3 Å². The second-order valence-corrected chi connectivity index (χ2v) is 8.96. The van der Waals surface area contributed by atoms with Crippen LogP contribution in [0.5, 0.6) is 5.75 Å². The number of thioether (sulfide) groups is 1. The summed E-state index contributed by atoms with van der Waals surface area (Å²) in [6, 6.07) is 14.4. The molecule has 0 fully saturated rings. The van der Waals surface area contributed by atoms with Gasteiger partial charge in [0.05, 0.1) is 25.1 Å². The third-order valence-corrected chi connectivity index (χ3v) is 6.45. The van der Waals surface area contributed by atoms with E-state index in [2.05, 4.69) is 10.4 Å². The van der Waals surface area contributed by atoms with Crippen LogP contribution >= 0.6 is 23.4 Å². The van der Waals surface area contributed by atoms with Crippen LogP contribution in [-0.4, -0.2) is 38.1 Å². The van der Waals surface area contributed by atoms with Gasteiger partial charge in [-0.2, -0.15) is 5.10 Å². The van der Waals surface area contributed by atoms with Crippen LogP contribution in [0.2, 0.25) is 5.02 Å². The van der Waals surface area contributed by atoms with E-state index in [0.29, 0.717) is 51.4 Å². The predicted molar refractivity (Wildman–Crippen MR) is 135 cm³/mol. The molecule has 10 heteroatoms. The summed E-state index contributed by atoms with van der Waals surface area (Å²) < 4.78 is 8.46. The van der Waals surface area contributed by atoms with E-state index in [1.165, 1.54) is 11.8 Å². The van der Waals surface area contributed by atoms with Gasteiger partial charge in [-0.1, -0.05) is 41.6 Å². The Kier molecular flexibility index (Phi) is 7.23. The standard InChI is InChI=1S/C24H24ClN5O3S/c1-4-30-22-21(15(2)28-30)27-24(29(23(22)32)13-16-8-10-17(25)11-9-16)34-14-20(31)26-18-6-5-7-19(12-18)33-3/h5-12H,4,13-14H2,1-3H3,(H,26,31). The molecule has 8 nitrogen and oxygen atoms in total. The molecule has 0 atom stereocenters. The molecule has 34 heavy (non-hydrogen) atoms. The fourth-order valence-electron chi connectivity index (χ4n) is 3.57. The number of carbonyl (C=O) groups is 1. The highest BCUT2D eigenvalue weighted by Crippen LogP contribution is 2.22. The van der Waals surface area contributed by atoms with Crippen molar-refractivity contribution in [1.82, 2.24) is 19.3 Å². The number of nitrogens with zero attached hydrogens (tertiary/aromatic N) is 4. The number of carbonyl (C=O) groups excluding carboxylic acids is 1. The molecule has 4 rings (SSSR count). The highest BCUT2D eigenvalue weighted by molar-refractivity contribution is 7.99. The van der Waals surface area contributed by atoms with Gasteiger partial charge in [0.2, 0.25) is 5.91 Å². The van der Waals surface area contributed by atoms with Crippen molar-refractivity contribution in [3.63, 3.8) is 0 Å². The number of rotatable bonds is 8. The number of methoxy groups -OCH3 is 1. The summed E-state index contributed by atoms with van der Waals surface area (Å²) in [5.41, 5.74) is 3.02. The minimum absolute atomic E-state index is 0.0801. The monoisotopic (exact) mass is 497 g/mol. The maximum atomic E-state index is 13.5. The first-order valence-corrected chi connectivity index (χ1v) is 12.0. The van der Waals surface area contributed by atoms with Crippen molar-refractivity contribution in [1.29, 1.82) is 0 Å². The normalized spacial score (nSPS) is 11.1. The quantitative estimate of drug-likeness (QED) is 0.287. The average Bonchev–Trinajstić information content (AvgIpc) is 3.16. The fraction of sp³-hybridized carbons (Fsp3) is 0.250. The number of nitrogens with one attached hydrogen (secondary N) is 1. The number of amides is 1. The van der Waals surface area contributed by atoms with Gasteiger partial charge in [0.1, 0.15) is 11.3 Å². The van der Waals surface area contributed by atoms with E-state index >= 15 is 0 Å². The molecule has 1 amide bonds. The van der Waals surface area contributed by atoms with Gasteiger partial charge in [-0.25, -0.2) is 4.98 Å². The Morgan fingerprint density at radius 2 is 1.97 bits per heavy atom. The molecule has 0 unspecified atom stereocenters. The molecule has 0 saturated heterocycles. The summed E-state index contributed by atoms with van der Waals surface area (Å²) in [5, 5.41) is 8.38. The lowest BCUT2D eigenvalue weighted by molar-refractivity contribution is -0.113. The Hall–Kier alpha value is -3.30. The zero-order chi connectivity index (χ0) is 24.2. The summed E-state index contributed by atoms with van der Waals surface area (Å²) >= 11 is 7.23. The molecule has 4 aromatic rings. The highest BCUT2D eigenvalue weighted by Gasteiger charge is 2.19. The Morgan fingerprint density at radius 1 is 1.21 bits per heavy atom. The van der Waals surface area contributed by atoms with Crippen LogP contribution in [0, 0.1) is 6.92 Å². The Labute approximate surface area is 205 Å². The first-order chi connectivity index (χ1) is 16.4. The second kappa shape index (κ2) is 10.3. The smallest absolute Gasteiger partial charge is 0.280 e. The summed E-state index contributed by atoms with van der Waals surface area (Å²) in [4.78, 5) is 30.9. The van der Waals surface area contributed by atoms with Crippen molar-refractivity contribution in [2.45, 2.75) is 32.1 Å². The summed E-state index contributed by atoms with van der Waals surface area (Å²) in [6.45, 7) is 4.61. The topological polar surface area (TPSA) is 91.0 Å². The third kappa shape index (κ3) is 5.10. The van der Waals surface area contributed by atoms with Gasteiger partial charge in [0.25, 0.3) is 5.56 Å². The molecule has 176 valence electrons. The maximum Gasteiger partial charge on any atom is 0.280 e. The number of aromatic nitrogens is 4. The lowest BCUT2D eigenvalue weighted by atomic mass is 10.2. The molecule has 2 aromatic carbocycles. The molecular formula is C24H24ClN5O3S. The van der Waals surface area contributed by atoms with Gasteiger partial charge in [-0.15, -0.1) is 0 Å². The van der Waals surface area contributed by atoms with Crippen molar-refractivity contribution < 1.29 is 9.53 Å². The summed E-state index contributed by atoms with van der Waals surface area (Å²) in [7, 11) is 1.57. The number of anilines is 1. The molecule has 0 aliphatic rings. The van der Waals surface area contributed by atoms with Crippen molar-refractivity contribution >= 4 is 46.0 Å². The second-order valence-electron chi connectivity index (χ2n) is 7.58. The van der Waals surface area contributed by atoms with Crippen LogP contribution in [0.4, 0.5) is 5.69 Å². The number of hydrogen-bond donors (Lipinski definition) is 1. The van der Waals surface area contributed by atoms with E-state index in [9.17, 15) is 9.59 Å². The number of halogens is 1. The average molecular weight is 498 g/mol. The fourth-order valence-corrected chi connectivity index (χ4v) is 4.48. The van der Waals surface area contributed by atoms with Crippen LogP contribution in [-0.2, 0) is 17.9 Å². The number of hydrogen-bond acceptors (Lipinski definition) is 6. The van der Waals surface area contributed by atoms with Gasteiger partial charge in [0, 0.05) is 23.3 Å². The van der Waals surface area contributed by atoms with Crippen LogP contribution < -0.4 is 15.6 Å². The van der Waals surface area contributed by atoms with Gasteiger partial charge in [0.15, 0.2) is 10.7 Å².